The second-order valence-electron chi connectivity index (χ2n) is 12.5. The minimum absolute atomic E-state index is 0.0526. The van der Waals surface area contributed by atoms with Gasteiger partial charge in [-0.15, -0.1) is 11.3 Å². The van der Waals surface area contributed by atoms with Crippen LogP contribution >= 0.6 is 11.3 Å². The lowest BCUT2D eigenvalue weighted by molar-refractivity contribution is 0.596. The summed E-state index contributed by atoms with van der Waals surface area (Å²) in [5.74, 6) is 0.655. The summed E-state index contributed by atoms with van der Waals surface area (Å²) in [4.78, 5) is 5.01. The largest absolute Gasteiger partial charge is 0.256 e. The van der Waals surface area contributed by atoms with Crippen LogP contribution in [-0.4, -0.2) is 13.1 Å². The van der Waals surface area contributed by atoms with Crippen LogP contribution in [0.4, 0.5) is 0 Å². The number of rotatable bonds is 4. The van der Waals surface area contributed by atoms with Gasteiger partial charge in [-0.1, -0.05) is 90.7 Å². The van der Waals surface area contributed by atoms with Crippen LogP contribution in [0.15, 0.2) is 60.8 Å². The molecule has 3 heteroatoms. The zero-order valence-corrected chi connectivity index (χ0v) is 24.2. The molecule has 0 saturated heterocycles. The fourth-order valence-corrected chi connectivity index (χ4v) is 9.75. The third kappa shape index (κ3) is 4.34. The first kappa shape index (κ1) is 24.2. The van der Waals surface area contributed by atoms with E-state index in [4.69, 9.17) is 4.98 Å². The van der Waals surface area contributed by atoms with Crippen molar-refractivity contribution < 1.29 is 0 Å². The van der Waals surface area contributed by atoms with Crippen LogP contribution in [0.5, 0.6) is 0 Å². The van der Waals surface area contributed by atoms with Gasteiger partial charge in [0, 0.05) is 31.9 Å². The Morgan fingerprint density at radius 1 is 0.914 bits per heavy atom. The average molecular weight is 496 g/mol. The van der Waals surface area contributed by atoms with E-state index in [1.54, 1.807) is 10.8 Å². The molecule has 0 unspecified atom stereocenters. The van der Waals surface area contributed by atoms with Crippen molar-refractivity contribution in [1.82, 2.24) is 4.98 Å². The zero-order valence-electron chi connectivity index (χ0n) is 22.4. The maximum atomic E-state index is 5.01. The van der Waals surface area contributed by atoms with Gasteiger partial charge < -0.3 is 0 Å². The first-order valence-corrected chi connectivity index (χ1v) is 17.1. The first-order valence-electron chi connectivity index (χ1n) is 12.8. The summed E-state index contributed by atoms with van der Waals surface area (Å²) in [6, 6.07) is 20.5. The van der Waals surface area contributed by atoms with Crippen molar-refractivity contribution >= 4 is 55.5 Å². The number of pyridine rings is 1. The van der Waals surface area contributed by atoms with E-state index >= 15 is 0 Å². The summed E-state index contributed by atoms with van der Waals surface area (Å²) in [6.07, 6.45) is 3.15. The van der Waals surface area contributed by atoms with Crippen molar-refractivity contribution in [1.29, 1.82) is 0 Å². The Morgan fingerprint density at radius 3 is 2.34 bits per heavy atom. The fourth-order valence-electron chi connectivity index (χ4n) is 5.54. The Balaban J connectivity index is 1.85. The Labute approximate surface area is 215 Å². The van der Waals surface area contributed by atoms with E-state index in [-0.39, 0.29) is 5.41 Å². The van der Waals surface area contributed by atoms with Crippen molar-refractivity contribution in [2.24, 2.45) is 5.92 Å². The standard InChI is InChI=1S/C32H37NSSi/c1-20(2)17-22-13-14-25-28-27(34-30(25)31(22)35(6,7)8)15-16-33-29(28)23-18-21-11-9-10-12-24(21)26(19-23)32(3,4)5/h9-16,18-20H,17H2,1-8H3. The molecule has 35 heavy (non-hydrogen) atoms. The van der Waals surface area contributed by atoms with E-state index in [0.29, 0.717) is 5.92 Å². The second-order valence-corrected chi connectivity index (χ2v) is 18.5. The van der Waals surface area contributed by atoms with Crippen LogP contribution in [-0.2, 0) is 11.8 Å². The molecular formula is C32H37NSSi. The molecule has 0 bridgehead atoms. The van der Waals surface area contributed by atoms with Crippen LogP contribution < -0.4 is 5.19 Å². The van der Waals surface area contributed by atoms with Crippen LogP contribution in [0, 0.1) is 5.92 Å². The van der Waals surface area contributed by atoms with Crippen LogP contribution in [0.25, 0.3) is 42.2 Å². The molecule has 0 aliphatic rings. The molecule has 0 aliphatic heterocycles. The van der Waals surface area contributed by atoms with Gasteiger partial charge in [0.05, 0.1) is 13.8 Å². The number of aromatic nitrogens is 1. The topological polar surface area (TPSA) is 12.9 Å². The van der Waals surface area contributed by atoms with E-state index in [1.807, 2.05) is 17.5 Å². The van der Waals surface area contributed by atoms with Crippen molar-refractivity contribution in [3.05, 3.63) is 71.9 Å². The van der Waals surface area contributed by atoms with E-state index < -0.39 is 8.07 Å². The maximum Gasteiger partial charge on any atom is 0.0798 e. The molecule has 0 spiro atoms. The molecule has 0 aliphatic carbocycles. The van der Waals surface area contributed by atoms with E-state index in [2.05, 4.69) is 109 Å². The normalized spacial score (nSPS) is 12.9. The van der Waals surface area contributed by atoms with Gasteiger partial charge in [0.2, 0.25) is 0 Å². The fraction of sp³-hybridized carbons (Fsp3) is 0.344. The van der Waals surface area contributed by atoms with Crippen molar-refractivity contribution in [2.75, 3.05) is 0 Å². The molecule has 0 radical (unpaired) electrons. The van der Waals surface area contributed by atoms with Gasteiger partial charge >= 0.3 is 0 Å². The summed E-state index contributed by atoms with van der Waals surface area (Å²) in [5, 5.41) is 6.96. The summed E-state index contributed by atoms with van der Waals surface area (Å²) in [6.45, 7) is 19.1. The molecule has 0 fully saturated rings. The van der Waals surface area contributed by atoms with Gasteiger partial charge in [-0.05, 0) is 63.0 Å². The molecule has 0 saturated carbocycles. The van der Waals surface area contributed by atoms with Crippen molar-refractivity contribution in [2.45, 2.75) is 66.1 Å². The average Bonchev–Trinajstić information content (AvgIpc) is 3.14. The van der Waals surface area contributed by atoms with Crippen molar-refractivity contribution in [3.63, 3.8) is 0 Å². The molecular weight excluding hydrogens is 459 g/mol. The lowest BCUT2D eigenvalue weighted by Crippen LogP contribution is -2.40. The third-order valence-corrected chi connectivity index (χ3v) is 10.4. The van der Waals surface area contributed by atoms with Gasteiger partial charge in [-0.25, -0.2) is 0 Å². The summed E-state index contributed by atoms with van der Waals surface area (Å²) in [7, 11) is -1.55. The highest BCUT2D eigenvalue weighted by Crippen LogP contribution is 2.42. The number of nitrogens with zero attached hydrogens (tertiary/aromatic N) is 1. The highest BCUT2D eigenvalue weighted by Gasteiger charge is 2.26. The Bertz CT molecular complexity index is 1560. The molecule has 1 nitrogen and oxygen atoms in total. The number of hydrogen-bond donors (Lipinski definition) is 0. The van der Waals surface area contributed by atoms with E-state index in [0.717, 1.165) is 12.1 Å². The molecule has 180 valence electrons. The zero-order chi connectivity index (χ0) is 25.1. The predicted octanol–water partition coefficient (Wildman–Crippen LogP) is 9.31. The molecule has 5 aromatic rings. The monoisotopic (exact) mass is 495 g/mol. The number of benzene rings is 3. The molecule has 3 aromatic carbocycles. The molecule has 0 amide bonds. The Hall–Kier alpha value is -2.49. The van der Waals surface area contributed by atoms with Gasteiger partial charge in [-0.2, -0.15) is 0 Å². The van der Waals surface area contributed by atoms with Crippen LogP contribution in [0.3, 0.4) is 0 Å². The number of hydrogen-bond acceptors (Lipinski definition) is 2. The SMILES string of the molecule is CC(C)Cc1ccc2c(sc3ccnc(-c4cc(C(C)(C)C)c5ccccc5c4)c32)c1[Si](C)(C)C. The highest BCUT2D eigenvalue weighted by molar-refractivity contribution is 7.27. The minimum atomic E-state index is -1.55. The molecule has 2 heterocycles. The molecule has 5 rings (SSSR count). The minimum Gasteiger partial charge on any atom is -0.256 e. The molecule has 0 N–H and O–H groups in total. The maximum absolute atomic E-state index is 5.01. The van der Waals surface area contributed by atoms with Crippen LogP contribution in [0.1, 0.15) is 45.7 Å². The third-order valence-electron chi connectivity index (χ3n) is 6.96. The number of fused-ring (bicyclic) bond motifs is 4. The molecule has 2 aromatic heterocycles. The molecule has 0 atom stereocenters. The summed E-state index contributed by atoms with van der Waals surface area (Å²) >= 11 is 1.97. The Kier molecular flexibility index (Phi) is 5.93. The van der Waals surface area contributed by atoms with Gasteiger partial charge in [-0.3, -0.25) is 4.98 Å². The Morgan fingerprint density at radius 2 is 1.66 bits per heavy atom. The highest BCUT2D eigenvalue weighted by atomic mass is 32.1. The van der Waals surface area contributed by atoms with Gasteiger partial charge in [0.25, 0.3) is 0 Å². The van der Waals surface area contributed by atoms with Gasteiger partial charge in [0.1, 0.15) is 0 Å². The van der Waals surface area contributed by atoms with E-state index in [1.165, 1.54) is 42.1 Å². The van der Waals surface area contributed by atoms with Gasteiger partial charge in [0.15, 0.2) is 0 Å². The van der Waals surface area contributed by atoms with Crippen LogP contribution in [0.2, 0.25) is 19.6 Å². The smallest absolute Gasteiger partial charge is 0.0798 e. The van der Waals surface area contributed by atoms with Crippen molar-refractivity contribution in [3.8, 4) is 11.3 Å². The van der Waals surface area contributed by atoms with E-state index in [9.17, 15) is 0 Å². The first-order chi connectivity index (χ1) is 16.4. The second kappa shape index (κ2) is 8.57. The summed E-state index contributed by atoms with van der Waals surface area (Å²) < 4.78 is 2.83. The summed E-state index contributed by atoms with van der Waals surface area (Å²) in [5.41, 5.74) is 5.32. The predicted molar refractivity (Wildman–Crippen MR) is 160 cm³/mol. The number of thiophene rings is 1. The lowest BCUT2D eigenvalue weighted by Gasteiger charge is -2.23. The quantitative estimate of drug-likeness (QED) is 0.226. The lowest BCUT2D eigenvalue weighted by atomic mass is 9.82.